The van der Waals surface area contributed by atoms with Gasteiger partial charge in [-0.05, 0) is 47.0 Å². The van der Waals surface area contributed by atoms with Crippen molar-refractivity contribution in [2.24, 2.45) is 0 Å². The summed E-state index contributed by atoms with van der Waals surface area (Å²) in [6.07, 6.45) is 1.49. The molecule has 5 nitrogen and oxygen atoms in total. The highest BCUT2D eigenvalue weighted by Crippen LogP contribution is 2.27. The lowest BCUT2D eigenvalue weighted by molar-refractivity contribution is -0.137. The smallest absolute Gasteiger partial charge is 0.303 e. The van der Waals surface area contributed by atoms with Crippen LogP contribution in [0, 0.1) is 0 Å². The topological polar surface area (TPSA) is 75.6 Å². The quantitative estimate of drug-likeness (QED) is 0.754. The number of aliphatic carboxylic acids is 1. The Hall–Kier alpha value is -1.56. The van der Waals surface area contributed by atoms with E-state index in [0.29, 0.717) is 30.7 Å². The van der Waals surface area contributed by atoms with Crippen LogP contribution in [0.25, 0.3) is 0 Å². The predicted octanol–water partition coefficient (Wildman–Crippen LogP) is 3.04. The normalized spacial score (nSPS) is 10.0. The van der Waals surface area contributed by atoms with Gasteiger partial charge in [0.2, 0.25) is 5.91 Å². The fourth-order valence-corrected chi connectivity index (χ4v) is 2.07. The van der Waals surface area contributed by atoms with Gasteiger partial charge in [-0.2, -0.15) is 0 Å². The van der Waals surface area contributed by atoms with E-state index in [2.05, 4.69) is 21.2 Å². The maximum absolute atomic E-state index is 11.6. The summed E-state index contributed by atoms with van der Waals surface area (Å²) in [5.41, 5.74) is 0.677. The number of hydrogen-bond acceptors (Lipinski definition) is 3. The van der Waals surface area contributed by atoms with Gasteiger partial charge in [-0.3, -0.25) is 9.59 Å². The molecule has 104 valence electrons. The molecule has 0 atom stereocenters. The zero-order chi connectivity index (χ0) is 14.3. The van der Waals surface area contributed by atoms with Crippen LogP contribution in [0.5, 0.6) is 5.75 Å². The number of amides is 1. The molecule has 0 fully saturated rings. The number of carboxylic acids is 1. The first kappa shape index (κ1) is 15.5. The average molecular weight is 330 g/mol. The monoisotopic (exact) mass is 329 g/mol. The second kappa shape index (κ2) is 7.78. The van der Waals surface area contributed by atoms with Crippen molar-refractivity contribution >= 4 is 33.5 Å². The maximum Gasteiger partial charge on any atom is 0.303 e. The number of unbranched alkanes of at least 4 members (excludes halogenated alkanes) is 1. The van der Waals surface area contributed by atoms with E-state index < -0.39 is 5.97 Å². The van der Waals surface area contributed by atoms with Gasteiger partial charge < -0.3 is 15.2 Å². The summed E-state index contributed by atoms with van der Waals surface area (Å²) in [7, 11) is 1.57. The van der Waals surface area contributed by atoms with Gasteiger partial charge in [0, 0.05) is 18.5 Å². The van der Waals surface area contributed by atoms with Gasteiger partial charge in [0.1, 0.15) is 5.75 Å². The van der Waals surface area contributed by atoms with E-state index in [1.54, 1.807) is 25.3 Å². The van der Waals surface area contributed by atoms with Crippen molar-refractivity contribution in [3.8, 4) is 5.75 Å². The van der Waals surface area contributed by atoms with Gasteiger partial charge in [-0.1, -0.05) is 0 Å². The second-order valence-corrected chi connectivity index (χ2v) is 4.85. The van der Waals surface area contributed by atoms with E-state index in [1.807, 2.05) is 0 Å². The molecule has 0 aliphatic rings. The Labute approximate surface area is 120 Å². The molecule has 1 aromatic carbocycles. The van der Waals surface area contributed by atoms with Gasteiger partial charge in [-0.25, -0.2) is 0 Å². The summed E-state index contributed by atoms with van der Waals surface area (Å²) in [5, 5.41) is 11.2. The summed E-state index contributed by atoms with van der Waals surface area (Å²) < 4.78 is 5.85. The summed E-state index contributed by atoms with van der Waals surface area (Å²) >= 11 is 3.34. The predicted molar refractivity (Wildman–Crippen MR) is 75.4 cm³/mol. The number of carboxylic acid groups (broad SMARTS) is 1. The molecule has 0 bridgehead atoms. The SMILES string of the molecule is COc1ccc(NC(=O)CCCCC(=O)O)cc1Br. The van der Waals surface area contributed by atoms with Gasteiger partial charge >= 0.3 is 5.97 Å². The standard InChI is InChI=1S/C13H16BrNO4/c1-19-11-7-6-9(8-10(11)14)15-12(16)4-2-3-5-13(17)18/h6-8H,2-5H2,1H3,(H,15,16)(H,17,18). The van der Waals surface area contributed by atoms with Crippen molar-refractivity contribution in [1.82, 2.24) is 0 Å². The minimum atomic E-state index is -0.834. The molecule has 1 aromatic rings. The summed E-state index contributed by atoms with van der Waals surface area (Å²) in [5.74, 6) is -0.263. The number of anilines is 1. The first-order valence-corrected chi connectivity index (χ1v) is 6.67. The molecule has 2 N–H and O–H groups in total. The lowest BCUT2D eigenvalue weighted by atomic mass is 10.2. The van der Waals surface area contributed by atoms with Crippen LogP contribution in [0.1, 0.15) is 25.7 Å². The summed E-state index contributed by atoms with van der Waals surface area (Å²) in [6.45, 7) is 0. The van der Waals surface area contributed by atoms with Crippen LogP contribution in [0.15, 0.2) is 22.7 Å². The van der Waals surface area contributed by atoms with Crippen molar-refractivity contribution in [2.75, 3.05) is 12.4 Å². The maximum atomic E-state index is 11.6. The third-order valence-electron chi connectivity index (χ3n) is 2.48. The molecule has 0 saturated heterocycles. The number of carbonyl (C=O) groups excluding carboxylic acids is 1. The third kappa shape index (κ3) is 5.74. The highest BCUT2D eigenvalue weighted by molar-refractivity contribution is 9.10. The Bertz CT molecular complexity index is 462. The van der Waals surface area contributed by atoms with Gasteiger partial charge in [0.25, 0.3) is 0 Å². The van der Waals surface area contributed by atoms with E-state index in [-0.39, 0.29) is 12.3 Å². The Kier molecular flexibility index (Phi) is 6.35. The Morgan fingerprint density at radius 1 is 1.32 bits per heavy atom. The molecular formula is C13H16BrNO4. The molecule has 0 unspecified atom stereocenters. The fraction of sp³-hybridized carbons (Fsp3) is 0.385. The average Bonchev–Trinajstić information content (AvgIpc) is 2.35. The zero-order valence-electron chi connectivity index (χ0n) is 10.6. The van der Waals surface area contributed by atoms with Gasteiger partial charge in [0.15, 0.2) is 0 Å². The van der Waals surface area contributed by atoms with Crippen LogP contribution in [-0.2, 0) is 9.59 Å². The molecule has 6 heteroatoms. The van der Waals surface area contributed by atoms with Crippen LogP contribution in [0.2, 0.25) is 0 Å². The summed E-state index contributed by atoms with van der Waals surface area (Å²) in [6, 6.07) is 5.26. The zero-order valence-corrected chi connectivity index (χ0v) is 12.2. The van der Waals surface area contributed by atoms with Crippen LogP contribution < -0.4 is 10.1 Å². The Morgan fingerprint density at radius 2 is 2.00 bits per heavy atom. The van der Waals surface area contributed by atoms with Crippen LogP contribution in [0.4, 0.5) is 5.69 Å². The van der Waals surface area contributed by atoms with Crippen molar-refractivity contribution in [1.29, 1.82) is 0 Å². The third-order valence-corrected chi connectivity index (χ3v) is 3.10. The minimum Gasteiger partial charge on any atom is -0.496 e. The van der Waals surface area contributed by atoms with E-state index in [0.717, 1.165) is 4.47 Å². The molecule has 0 aromatic heterocycles. The van der Waals surface area contributed by atoms with Gasteiger partial charge in [-0.15, -0.1) is 0 Å². The number of carbonyl (C=O) groups is 2. The highest BCUT2D eigenvalue weighted by Gasteiger charge is 2.06. The molecule has 19 heavy (non-hydrogen) atoms. The minimum absolute atomic E-state index is 0.0986. The lowest BCUT2D eigenvalue weighted by Crippen LogP contribution is -2.11. The lowest BCUT2D eigenvalue weighted by Gasteiger charge is -2.08. The van der Waals surface area contributed by atoms with Crippen molar-refractivity contribution in [3.63, 3.8) is 0 Å². The first-order valence-electron chi connectivity index (χ1n) is 5.88. The van der Waals surface area contributed by atoms with Crippen molar-refractivity contribution in [3.05, 3.63) is 22.7 Å². The molecule has 0 aliphatic carbocycles. The van der Waals surface area contributed by atoms with Gasteiger partial charge in [0.05, 0.1) is 11.6 Å². The molecule has 0 radical (unpaired) electrons. The fourth-order valence-electron chi connectivity index (χ4n) is 1.53. The second-order valence-electron chi connectivity index (χ2n) is 4.00. The number of ether oxygens (including phenoxy) is 1. The number of nitrogens with one attached hydrogen (secondary N) is 1. The first-order chi connectivity index (χ1) is 9.02. The van der Waals surface area contributed by atoms with Crippen molar-refractivity contribution in [2.45, 2.75) is 25.7 Å². The molecule has 0 heterocycles. The van der Waals surface area contributed by atoms with Crippen LogP contribution >= 0.6 is 15.9 Å². The van der Waals surface area contributed by atoms with E-state index in [9.17, 15) is 9.59 Å². The number of hydrogen-bond donors (Lipinski definition) is 2. The molecule has 0 spiro atoms. The molecule has 1 rings (SSSR count). The number of halogens is 1. The molecular weight excluding hydrogens is 314 g/mol. The molecule has 0 aliphatic heterocycles. The Morgan fingerprint density at radius 3 is 2.58 bits per heavy atom. The molecule has 0 saturated carbocycles. The van der Waals surface area contributed by atoms with Crippen LogP contribution in [-0.4, -0.2) is 24.1 Å². The van der Waals surface area contributed by atoms with Crippen LogP contribution in [0.3, 0.4) is 0 Å². The van der Waals surface area contributed by atoms with E-state index >= 15 is 0 Å². The number of methoxy groups -OCH3 is 1. The number of rotatable bonds is 7. The number of benzene rings is 1. The van der Waals surface area contributed by atoms with E-state index in [4.69, 9.17) is 9.84 Å². The summed E-state index contributed by atoms with van der Waals surface area (Å²) in [4.78, 5) is 21.9. The largest absolute Gasteiger partial charge is 0.496 e. The van der Waals surface area contributed by atoms with E-state index in [1.165, 1.54) is 0 Å². The van der Waals surface area contributed by atoms with Crippen molar-refractivity contribution < 1.29 is 19.4 Å². The highest BCUT2D eigenvalue weighted by atomic mass is 79.9. The Balaban J connectivity index is 2.40. The molecule has 1 amide bonds.